The van der Waals surface area contributed by atoms with Crippen molar-refractivity contribution in [1.29, 1.82) is 0 Å². The Hall–Kier alpha value is -2.64. The maximum absolute atomic E-state index is 13.0. The number of carbonyl (C=O) groups excluding carboxylic acids is 1. The lowest BCUT2D eigenvalue weighted by Crippen LogP contribution is -2.27. The fraction of sp³-hybridized carbons (Fsp3) is 0.136. The Morgan fingerprint density at radius 1 is 0.862 bits per heavy atom. The monoisotopic (exact) mass is 470 g/mol. The predicted octanol–water partition coefficient (Wildman–Crippen LogP) is 4.92. The van der Waals surface area contributed by atoms with E-state index in [2.05, 4.69) is 26.0 Å². The van der Waals surface area contributed by atoms with Gasteiger partial charge < -0.3 is 5.32 Å². The first kappa shape index (κ1) is 19.7. The molecule has 4 rings (SSSR count). The molecule has 1 aliphatic rings. The third-order valence-corrected chi connectivity index (χ3v) is 6.88. The van der Waals surface area contributed by atoms with Crippen molar-refractivity contribution in [2.75, 3.05) is 10.0 Å². The number of rotatable bonds is 6. The van der Waals surface area contributed by atoms with Gasteiger partial charge in [-0.15, -0.1) is 0 Å². The fourth-order valence-corrected chi connectivity index (χ4v) is 4.75. The Bertz CT molecular complexity index is 1160. The Balaban J connectivity index is 1.52. The van der Waals surface area contributed by atoms with Crippen LogP contribution in [0.4, 0.5) is 11.4 Å². The number of nitrogens with one attached hydrogen (secondary N) is 2. The number of hydrogen-bond acceptors (Lipinski definition) is 3. The summed E-state index contributed by atoms with van der Waals surface area (Å²) in [7, 11) is -3.69. The largest absolute Gasteiger partial charge is 0.325 e. The van der Waals surface area contributed by atoms with Crippen LogP contribution in [0, 0.1) is 0 Å². The first-order valence-corrected chi connectivity index (χ1v) is 11.4. The standard InChI is InChI=1S/C22H19BrN2O3S/c23-17-7-4-6-16(14-17)22(12-13-22)21(26)24-18-8-5-9-19(15-18)25-29(27,28)20-10-2-1-3-11-20/h1-11,14-15,25H,12-13H2,(H,24,26). The maximum Gasteiger partial charge on any atom is 0.261 e. The van der Waals surface area contributed by atoms with Crippen molar-refractivity contribution in [2.45, 2.75) is 23.2 Å². The van der Waals surface area contributed by atoms with Crippen molar-refractivity contribution in [1.82, 2.24) is 0 Å². The topological polar surface area (TPSA) is 75.3 Å². The summed E-state index contributed by atoms with van der Waals surface area (Å²) in [5.74, 6) is -0.0846. The molecule has 1 fully saturated rings. The fourth-order valence-electron chi connectivity index (χ4n) is 3.28. The average molecular weight is 471 g/mol. The van der Waals surface area contributed by atoms with E-state index in [0.29, 0.717) is 11.4 Å². The average Bonchev–Trinajstić information content (AvgIpc) is 3.51. The van der Waals surface area contributed by atoms with E-state index in [0.717, 1.165) is 22.9 Å². The van der Waals surface area contributed by atoms with E-state index in [1.807, 2.05) is 24.3 Å². The van der Waals surface area contributed by atoms with Crippen molar-refractivity contribution in [2.24, 2.45) is 0 Å². The second-order valence-electron chi connectivity index (χ2n) is 7.05. The third kappa shape index (κ3) is 4.21. The molecular weight excluding hydrogens is 452 g/mol. The minimum atomic E-state index is -3.69. The van der Waals surface area contributed by atoms with Crippen LogP contribution in [0.2, 0.25) is 0 Å². The van der Waals surface area contributed by atoms with E-state index in [-0.39, 0.29) is 10.8 Å². The van der Waals surface area contributed by atoms with E-state index >= 15 is 0 Å². The summed E-state index contributed by atoms with van der Waals surface area (Å²) >= 11 is 3.46. The SMILES string of the molecule is O=C(Nc1cccc(NS(=O)(=O)c2ccccc2)c1)C1(c2cccc(Br)c2)CC1. The van der Waals surface area contributed by atoms with E-state index in [9.17, 15) is 13.2 Å². The summed E-state index contributed by atoms with van der Waals surface area (Å²) in [5, 5.41) is 2.94. The Morgan fingerprint density at radius 2 is 1.55 bits per heavy atom. The van der Waals surface area contributed by atoms with Crippen LogP contribution < -0.4 is 10.0 Å². The Morgan fingerprint density at radius 3 is 2.24 bits per heavy atom. The molecule has 3 aromatic carbocycles. The second kappa shape index (κ2) is 7.65. The molecule has 1 amide bonds. The van der Waals surface area contributed by atoms with Crippen LogP contribution in [0.3, 0.4) is 0 Å². The van der Waals surface area contributed by atoms with Crippen molar-refractivity contribution in [3.8, 4) is 0 Å². The molecule has 0 heterocycles. The first-order valence-electron chi connectivity index (χ1n) is 9.15. The minimum Gasteiger partial charge on any atom is -0.325 e. The van der Waals surface area contributed by atoms with E-state index in [1.165, 1.54) is 12.1 Å². The highest BCUT2D eigenvalue weighted by atomic mass is 79.9. The van der Waals surface area contributed by atoms with Crippen LogP contribution in [-0.4, -0.2) is 14.3 Å². The molecule has 0 unspecified atom stereocenters. The lowest BCUT2D eigenvalue weighted by atomic mass is 9.95. The molecule has 3 aromatic rings. The van der Waals surface area contributed by atoms with Gasteiger partial charge in [-0.2, -0.15) is 0 Å². The minimum absolute atomic E-state index is 0.0846. The van der Waals surface area contributed by atoms with Crippen LogP contribution in [0.25, 0.3) is 0 Å². The summed E-state index contributed by atoms with van der Waals surface area (Å²) in [4.78, 5) is 13.1. The highest BCUT2D eigenvalue weighted by Gasteiger charge is 2.51. The molecule has 1 saturated carbocycles. The zero-order valence-corrected chi connectivity index (χ0v) is 17.8. The van der Waals surface area contributed by atoms with Gasteiger partial charge in [0.2, 0.25) is 5.91 Å². The number of amides is 1. The first-order chi connectivity index (χ1) is 13.9. The van der Waals surface area contributed by atoms with Crippen LogP contribution >= 0.6 is 15.9 Å². The smallest absolute Gasteiger partial charge is 0.261 e. The highest BCUT2D eigenvalue weighted by Crippen LogP contribution is 2.49. The quantitative estimate of drug-likeness (QED) is 0.536. The van der Waals surface area contributed by atoms with Crippen LogP contribution in [-0.2, 0) is 20.2 Å². The molecule has 0 radical (unpaired) electrons. The molecule has 1 aliphatic carbocycles. The van der Waals surface area contributed by atoms with Crippen molar-refractivity contribution >= 4 is 43.2 Å². The lowest BCUT2D eigenvalue weighted by Gasteiger charge is -2.17. The highest BCUT2D eigenvalue weighted by molar-refractivity contribution is 9.10. The van der Waals surface area contributed by atoms with Crippen LogP contribution in [0.5, 0.6) is 0 Å². The maximum atomic E-state index is 13.0. The number of halogens is 1. The van der Waals surface area contributed by atoms with Gasteiger partial charge >= 0.3 is 0 Å². The zero-order chi connectivity index (χ0) is 20.5. The molecule has 0 spiro atoms. The molecule has 0 saturated heterocycles. The second-order valence-corrected chi connectivity index (χ2v) is 9.64. The van der Waals surface area contributed by atoms with E-state index in [4.69, 9.17) is 0 Å². The number of anilines is 2. The van der Waals surface area contributed by atoms with Crippen molar-refractivity contribution in [3.63, 3.8) is 0 Å². The normalized spacial score (nSPS) is 14.8. The lowest BCUT2D eigenvalue weighted by molar-refractivity contribution is -0.118. The number of benzene rings is 3. The molecule has 0 aromatic heterocycles. The predicted molar refractivity (Wildman–Crippen MR) is 117 cm³/mol. The molecule has 148 valence electrons. The van der Waals surface area contributed by atoms with E-state index < -0.39 is 15.4 Å². The van der Waals surface area contributed by atoms with Crippen molar-refractivity contribution in [3.05, 3.63) is 88.9 Å². The molecule has 0 aliphatic heterocycles. The van der Waals surface area contributed by atoms with Gasteiger partial charge in [-0.05, 0) is 60.9 Å². The van der Waals surface area contributed by atoms with E-state index in [1.54, 1.807) is 42.5 Å². The number of carbonyl (C=O) groups is 1. The molecular formula is C22H19BrN2O3S. The zero-order valence-electron chi connectivity index (χ0n) is 15.4. The number of hydrogen-bond donors (Lipinski definition) is 2. The third-order valence-electron chi connectivity index (χ3n) is 4.99. The van der Waals surface area contributed by atoms with Crippen LogP contribution in [0.15, 0.2) is 88.2 Å². The van der Waals surface area contributed by atoms with Gasteiger partial charge in [0.1, 0.15) is 0 Å². The molecule has 29 heavy (non-hydrogen) atoms. The summed E-state index contributed by atoms with van der Waals surface area (Å²) in [6.07, 6.45) is 1.57. The molecule has 2 N–H and O–H groups in total. The molecule has 0 bridgehead atoms. The summed E-state index contributed by atoms with van der Waals surface area (Å²) in [5.41, 5.74) is 1.39. The Labute approximate surface area is 178 Å². The van der Waals surface area contributed by atoms with Gasteiger partial charge in [-0.3, -0.25) is 9.52 Å². The summed E-state index contributed by atoms with van der Waals surface area (Å²) in [6.45, 7) is 0. The van der Waals surface area contributed by atoms with Gasteiger partial charge in [0.05, 0.1) is 16.0 Å². The van der Waals surface area contributed by atoms with Crippen LogP contribution in [0.1, 0.15) is 18.4 Å². The van der Waals surface area contributed by atoms with Gasteiger partial charge in [0.25, 0.3) is 10.0 Å². The molecule has 5 nitrogen and oxygen atoms in total. The van der Waals surface area contributed by atoms with Gasteiger partial charge in [0, 0.05) is 10.2 Å². The summed E-state index contributed by atoms with van der Waals surface area (Å²) in [6, 6.07) is 22.7. The van der Waals surface area contributed by atoms with Gasteiger partial charge in [-0.1, -0.05) is 52.3 Å². The number of sulfonamides is 1. The summed E-state index contributed by atoms with van der Waals surface area (Å²) < 4.78 is 28.5. The molecule has 0 atom stereocenters. The Kier molecular flexibility index (Phi) is 5.19. The van der Waals surface area contributed by atoms with Gasteiger partial charge in [-0.25, -0.2) is 8.42 Å². The van der Waals surface area contributed by atoms with Crippen molar-refractivity contribution < 1.29 is 13.2 Å². The van der Waals surface area contributed by atoms with Gasteiger partial charge in [0.15, 0.2) is 0 Å². The molecule has 7 heteroatoms.